The molecule has 5 nitrogen and oxygen atoms in total. The normalized spacial score (nSPS) is 10.2. The summed E-state index contributed by atoms with van der Waals surface area (Å²) in [4.78, 5) is 12.0. The number of carbonyl (C=O) groups is 1. The van der Waals surface area contributed by atoms with Crippen LogP contribution in [0.15, 0.2) is 72.8 Å². The van der Waals surface area contributed by atoms with Gasteiger partial charge in [0.2, 0.25) is 0 Å². The van der Waals surface area contributed by atoms with Crippen molar-refractivity contribution < 1.29 is 14.3 Å². The van der Waals surface area contributed by atoms with Crippen LogP contribution in [0.5, 0.6) is 11.5 Å². The fourth-order valence-electron chi connectivity index (χ4n) is 2.60. The highest BCUT2D eigenvalue weighted by Crippen LogP contribution is 2.17. The quantitative estimate of drug-likeness (QED) is 0.602. The summed E-state index contributed by atoms with van der Waals surface area (Å²) >= 11 is 0. The molecule has 0 aliphatic rings. The van der Waals surface area contributed by atoms with Gasteiger partial charge in [-0.2, -0.15) is 0 Å². The number of methoxy groups -OCH3 is 1. The molecular formula is C23H24N2O3. The van der Waals surface area contributed by atoms with Crippen molar-refractivity contribution in [1.82, 2.24) is 0 Å². The zero-order chi connectivity index (χ0) is 19.8. The molecule has 0 fully saturated rings. The van der Waals surface area contributed by atoms with Crippen molar-refractivity contribution in [3.05, 3.63) is 83.9 Å². The summed E-state index contributed by atoms with van der Waals surface area (Å²) in [5, 5.41) is 6.17. The summed E-state index contributed by atoms with van der Waals surface area (Å²) < 4.78 is 10.7. The molecule has 28 heavy (non-hydrogen) atoms. The first-order valence-corrected chi connectivity index (χ1v) is 9.08. The molecule has 5 heteroatoms. The van der Waals surface area contributed by atoms with E-state index in [1.54, 1.807) is 7.11 Å². The van der Waals surface area contributed by atoms with E-state index >= 15 is 0 Å². The Morgan fingerprint density at radius 3 is 2.07 bits per heavy atom. The summed E-state index contributed by atoms with van der Waals surface area (Å²) in [6.07, 6.45) is 0. The highest BCUT2D eigenvalue weighted by molar-refractivity contribution is 5.91. The van der Waals surface area contributed by atoms with Crippen LogP contribution < -0.4 is 20.1 Å². The lowest BCUT2D eigenvalue weighted by Crippen LogP contribution is -2.20. The lowest BCUT2D eigenvalue weighted by Gasteiger charge is -2.10. The van der Waals surface area contributed by atoms with Crippen molar-refractivity contribution in [3.63, 3.8) is 0 Å². The minimum Gasteiger partial charge on any atom is -0.497 e. The third kappa shape index (κ3) is 5.77. The van der Waals surface area contributed by atoms with Gasteiger partial charge in [-0.05, 0) is 61.0 Å². The lowest BCUT2D eigenvalue weighted by molar-refractivity contribution is -0.118. The number of benzene rings is 3. The second kappa shape index (κ2) is 9.46. The van der Waals surface area contributed by atoms with Gasteiger partial charge in [0.1, 0.15) is 11.5 Å². The van der Waals surface area contributed by atoms with E-state index in [-0.39, 0.29) is 12.5 Å². The Bertz CT molecular complexity index is 889. The Kier molecular flexibility index (Phi) is 6.52. The van der Waals surface area contributed by atoms with Crippen LogP contribution in [0.4, 0.5) is 11.4 Å². The van der Waals surface area contributed by atoms with Crippen molar-refractivity contribution in [2.45, 2.75) is 13.5 Å². The summed E-state index contributed by atoms with van der Waals surface area (Å²) in [6, 6.07) is 23.1. The molecular weight excluding hydrogens is 352 g/mol. The van der Waals surface area contributed by atoms with Gasteiger partial charge in [-0.25, -0.2) is 0 Å². The van der Waals surface area contributed by atoms with Crippen LogP contribution >= 0.6 is 0 Å². The van der Waals surface area contributed by atoms with Crippen LogP contribution in [0, 0.1) is 6.92 Å². The molecule has 0 saturated heterocycles. The van der Waals surface area contributed by atoms with E-state index in [2.05, 4.69) is 10.6 Å². The average Bonchev–Trinajstić information content (AvgIpc) is 2.73. The van der Waals surface area contributed by atoms with Crippen LogP contribution in [0.2, 0.25) is 0 Å². The predicted octanol–water partition coefficient (Wildman–Crippen LogP) is 4.63. The minimum atomic E-state index is -0.186. The second-order valence-corrected chi connectivity index (χ2v) is 6.43. The van der Waals surface area contributed by atoms with Gasteiger partial charge >= 0.3 is 0 Å². The molecule has 3 aromatic rings. The molecule has 3 rings (SSSR count). The van der Waals surface area contributed by atoms with E-state index in [0.717, 1.165) is 28.3 Å². The largest absolute Gasteiger partial charge is 0.497 e. The highest BCUT2D eigenvalue weighted by atomic mass is 16.5. The number of anilines is 2. The van der Waals surface area contributed by atoms with Crippen LogP contribution in [0.1, 0.15) is 11.1 Å². The Labute approximate surface area is 165 Å². The zero-order valence-corrected chi connectivity index (χ0v) is 16.1. The van der Waals surface area contributed by atoms with Crippen LogP contribution in [-0.2, 0) is 11.3 Å². The van der Waals surface area contributed by atoms with Crippen LogP contribution in [-0.4, -0.2) is 19.6 Å². The molecule has 0 spiro atoms. The number of aryl methyl sites for hydroxylation is 1. The molecule has 3 aromatic carbocycles. The summed E-state index contributed by atoms with van der Waals surface area (Å²) in [5.74, 6) is 1.31. The summed E-state index contributed by atoms with van der Waals surface area (Å²) in [7, 11) is 1.65. The third-order valence-corrected chi connectivity index (χ3v) is 4.22. The van der Waals surface area contributed by atoms with Gasteiger partial charge in [0, 0.05) is 17.9 Å². The summed E-state index contributed by atoms with van der Waals surface area (Å²) in [6.45, 7) is 2.67. The number of ether oxygens (including phenoxy) is 2. The molecule has 2 N–H and O–H groups in total. The standard InChI is InChI=1S/C23H24N2O3/c1-17-3-7-20(8-4-17)25-23(26)16-28-22-11-5-18(6-12-22)15-24-19-9-13-21(27-2)14-10-19/h3-14,24H,15-16H2,1-2H3,(H,25,26). The molecule has 0 aliphatic heterocycles. The van der Waals surface area contributed by atoms with E-state index in [1.807, 2.05) is 79.7 Å². The Morgan fingerprint density at radius 1 is 0.821 bits per heavy atom. The van der Waals surface area contributed by atoms with Gasteiger partial charge in [0.15, 0.2) is 6.61 Å². The molecule has 0 saturated carbocycles. The van der Waals surface area contributed by atoms with Crippen molar-refractivity contribution in [3.8, 4) is 11.5 Å². The number of hydrogen-bond acceptors (Lipinski definition) is 4. The van der Waals surface area contributed by atoms with Gasteiger partial charge in [-0.3, -0.25) is 4.79 Å². The molecule has 0 aromatic heterocycles. The smallest absolute Gasteiger partial charge is 0.262 e. The Balaban J connectivity index is 1.44. The van der Waals surface area contributed by atoms with Gasteiger partial charge < -0.3 is 20.1 Å². The fourth-order valence-corrected chi connectivity index (χ4v) is 2.60. The molecule has 0 unspecified atom stereocenters. The molecule has 0 radical (unpaired) electrons. The molecule has 1 amide bonds. The molecule has 0 aliphatic carbocycles. The number of amides is 1. The maximum absolute atomic E-state index is 12.0. The molecule has 0 bridgehead atoms. The second-order valence-electron chi connectivity index (χ2n) is 6.43. The predicted molar refractivity (Wildman–Crippen MR) is 112 cm³/mol. The number of nitrogens with one attached hydrogen (secondary N) is 2. The first-order chi connectivity index (χ1) is 13.6. The van der Waals surface area contributed by atoms with E-state index in [0.29, 0.717) is 12.3 Å². The first-order valence-electron chi connectivity index (χ1n) is 9.08. The van der Waals surface area contributed by atoms with E-state index < -0.39 is 0 Å². The molecule has 144 valence electrons. The van der Waals surface area contributed by atoms with Gasteiger partial charge in [0.05, 0.1) is 7.11 Å². The monoisotopic (exact) mass is 376 g/mol. The van der Waals surface area contributed by atoms with E-state index in [1.165, 1.54) is 0 Å². The lowest BCUT2D eigenvalue weighted by atomic mass is 10.2. The van der Waals surface area contributed by atoms with Crippen molar-refractivity contribution in [2.24, 2.45) is 0 Å². The van der Waals surface area contributed by atoms with Crippen molar-refractivity contribution in [2.75, 3.05) is 24.4 Å². The van der Waals surface area contributed by atoms with Gasteiger partial charge in [-0.1, -0.05) is 29.8 Å². The topological polar surface area (TPSA) is 59.6 Å². The van der Waals surface area contributed by atoms with Crippen LogP contribution in [0.3, 0.4) is 0 Å². The highest BCUT2D eigenvalue weighted by Gasteiger charge is 2.04. The van der Waals surface area contributed by atoms with Gasteiger partial charge in [-0.15, -0.1) is 0 Å². The number of rotatable bonds is 8. The van der Waals surface area contributed by atoms with Crippen molar-refractivity contribution in [1.29, 1.82) is 0 Å². The maximum Gasteiger partial charge on any atom is 0.262 e. The minimum absolute atomic E-state index is 0.0304. The molecule has 0 atom stereocenters. The summed E-state index contributed by atoms with van der Waals surface area (Å²) in [5.41, 5.74) is 4.05. The van der Waals surface area contributed by atoms with Crippen LogP contribution in [0.25, 0.3) is 0 Å². The Hall–Kier alpha value is -3.47. The van der Waals surface area contributed by atoms with Gasteiger partial charge in [0.25, 0.3) is 5.91 Å². The Morgan fingerprint density at radius 2 is 1.43 bits per heavy atom. The third-order valence-electron chi connectivity index (χ3n) is 4.22. The van der Waals surface area contributed by atoms with E-state index in [9.17, 15) is 4.79 Å². The molecule has 0 heterocycles. The first kappa shape index (κ1) is 19.3. The number of carbonyl (C=O) groups excluding carboxylic acids is 1. The van der Waals surface area contributed by atoms with Crippen molar-refractivity contribution >= 4 is 17.3 Å². The SMILES string of the molecule is COc1ccc(NCc2ccc(OCC(=O)Nc3ccc(C)cc3)cc2)cc1. The maximum atomic E-state index is 12.0. The fraction of sp³-hybridized carbons (Fsp3) is 0.174. The van der Waals surface area contributed by atoms with E-state index in [4.69, 9.17) is 9.47 Å². The number of hydrogen-bond donors (Lipinski definition) is 2. The average molecular weight is 376 g/mol. The zero-order valence-electron chi connectivity index (χ0n) is 16.1.